The van der Waals surface area contributed by atoms with Gasteiger partial charge in [0, 0.05) is 0 Å². The lowest BCUT2D eigenvalue weighted by Crippen LogP contribution is -2.19. The Morgan fingerprint density at radius 1 is 1.32 bits per heavy atom. The Labute approximate surface area is 110 Å². The van der Waals surface area contributed by atoms with Gasteiger partial charge in [-0.15, -0.1) is 0 Å². The van der Waals surface area contributed by atoms with Gasteiger partial charge in [-0.05, 0) is 42.8 Å². The van der Waals surface area contributed by atoms with Crippen LogP contribution in [0.1, 0.15) is 24.5 Å². The minimum atomic E-state index is -4.61. The lowest BCUT2D eigenvalue weighted by molar-refractivity contribution is -0.137. The van der Waals surface area contributed by atoms with Crippen molar-refractivity contribution in [2.24, 2.45) is 0 Å². The first-order valence-electron chi connectivity index (χ1n) is 5.45. The Morgan fingerprint density at radius 2 is 1.89 bits per heavy atom. The number of allylic oxidation sites excluding steroid dienone is 1. The van der Waals surface area contributed by atoms with Crippen LogP contribution in [0.15, 0.2) is 29.7 Å². The van der Waals surface area contributed by atoms with Gasteiger partial charge in [0.15, 0.2) is 0 Å². The van der Waals surface area contributed by atoms with E-state index in [4.69, 9.17) is 0 Å². The zero-order valence-corrected chi connectivity index (χ0v) is 11.3. The van der Waals surface area contributed by atoms with E-state index in [1.807, 2.05) is 4.72 Å². The monoisotopic (exact) mass is 293 g/mol. The average Bonchev–Trinajstić information content (AvgIpc) is 2.36. The van der Waals surface area contributed by atoms with E-state index in [-0.39, 0.29) is 5.56 Å². The summed E-state index contributed by atoms with van der Waals surface area (Å²) in [4.78, 5) is -0.422. The smallest absolute Gasteiger partial charge is 0.214 e. The van der Waals surface area contributed by atoms with Gasteiger partial charge in [0.05, 0.1) is 10.5 Å². The molecule has 0 aliphatic rings. The van der Waals surface area contributed by atoms with Crippen LogP contribution in [0.25, 0.3) is 5.57 Å². The number of halogens is 3. The molecule has 0 heterocycles. The summed E-state index contributed by atoms with van der Waals surface area (Å²) in [6.07, 6.45) is -4.18. The molecular weight excluding hydrogens is 279 g/mol. The first kappa shape index (κ1) is 15.7. The molecule has 0 unspecified atom stereocenters. The molecule has 0 fully saturated rings. The third kappa shape index (κ3) is 3.57. The number of sulfonamides is 1. The number of benzene rings is 1. The van der Waals surface area contributed by atoms with Crippen molar-refractivity contribution >= 4 is 15.6 Å². The standard InChI is InChI=1S/C12H14F3NO2S/c1-4-8(2)9-5-10(12(13,14)15)7-11(6-9)19(17,18)16-3/h5-7,16H,2,4H2,1,3H3. The molecule has 1 rings (SSSR count). The summed E-state index contributed by atoms with van der Waals surface area (Å²) >= 11 is 0. The largest absolute Gasteiger partial charge is 0.416 e. The third-order valence-electron chi connectivity index (χ3n) is 2.65. The fourth-order valence-corrected chi connectivity index (χ4v) is 2.24. The van der Waals surface area contributed by atoms with Gasteiger partial charge in [-0.2, -0.15) is 13.2 Å². The summed E-state index contributed by atoms with van der Waals surface area (Å²) in [5.41, 5.74) is -0.391. The molecule has 0 atom stereocenters. The molecule has 0 aliphatic heterocycles. The van der Waals surface area contributed by atoms with Gasteiger partial charge in [0.25, 0.3) is 0 Å². The number of rotatable bonds is 4. The lowest BCUT2D eigenvalue weighted by Gasteiger charge is -2.13. The number of hydrogen-bond acceptors (Lipinski definition) is 2. The van der Waals surface area contributed by atoms with Crippen molar-refractivity contribution < 1.29 is 21.6 Å². The summed E-state index contributed by atoms with van der Waals surface area (Å²) in [7, 11) is -2.79. The molecule has 3 nitrogen and oxygen atoms in total. The van der Waals surface area contributed by atoms with Gasteiger partial charge in [-0.25, -0.2) is 13.1 Å². The molecule has 0 aliphatic carbocycles. The second-order valence-corrected chi connectivity index (χ2v) is 5.80. The van der Waals surface area contributed by atoms with Crippen molar-refractivity contribution in [2.75, 3.05) is 7.05 Å². The van der Waals surface area contributed by atoms with E-state index < -0.39 is 26.7 Å². The van der Waals surface area contributed by atoms with E-state index >= 15 is 0 Å². The summed E-state index contributed by atoms with van der Waals surface area (Å²) in [5, 5.41) is 0. The Bertz CT molecular complexity index is 591. The van der Waals surface area contributed by atoms with Gasteiger partial charge >= 0.3 is 6.18 Å². The van der Waals surface area contributed by atoms with Gasteiger partial charge < -0.3 is 0 Å². The van der Waals surface area contributed by atoms with Crippen molar-refractivity contribution in [2.45, 2.75) is 24.4 Å². The molecule has 19 heavy (non-hydrogen) atoms. The minimum Gasteiger partial charge on any atom is -0.214 e. The summed E-state index contributed by atoms with van der Waals surface area (Å²) < 4.78 is 63.6. The second-order valence-electron chi connectivity index (χ2n) is 3.91. The zero-order valence-electron chi connectivity index (χ0n) is 10.5. The van der Waals surface area contributed by atoms with E-state index in [0.29, 0.717) is 18.1 Å². The Balaban J connectivity index is 3.55. The molecule has 0 saturated heterocycles. The molecule has 0 saturated carbocycles. The summed E-state index contributed by atoms with van der Waals surface area (Å²) in [5.74, 6) is 0. The normalized spacial score (nSPS) is 12.5. The Morgan fingerprint density at radius 3 is 2.32 bits per heavy atom. The highest BCUT2D eigenvalue weighted by Crippen LogP contribution is 2.33. The van der Waals surface area contributed by atoms with Crippen LogP contribution in [0, 0.1) is 0 Å². The van der Waals surface area contributed by atoms with Gasteiger partial charge in [0.2, 0.25) is 10.0 Å². The molecule has 0 amide bonds. The van der Waals surface area contributed by atoms with Crippen LogP contribution < -0.4 is 4.72 Å². The van der Waals surface area contributed by atoms with Crippen molar-refractivity contribution in [3.8, 4) is 0 Å². The first-order valence-corrected chi connectivity index (χ1v) is 6.94. The molecule has 7 heteroatoms. The Hall–Kier alpha value is -1.34. The Kier molecular flexibility index (Phi) is 4.42. The number of hydrogen-bond donors (Lipinski definition) is 1. The fraction of sp³-hybridized carbons (Fsp3) is 0.333. The van der Waals surface area contributed by atoms with Crippen LogP contribution in [0.3, 0.4) is 0 Å². The maximum atomic E-state index is 12.8. The van der Waals surface area contributed by atoms with E-state index in [0.717, 1.165) is 13.1 Å². The third-order valence-corrected chi connectivity index (χ3v) is 4.04. The maximum absolute atomic E-state index is 12.8. The van der Waals surface area contributed by atoms with E-state index in [9.17, 15) is 21.6 Å². The molecule has 0 aromatic heterocycles. The van der Waals surface area contributed by atoms with Crippen molar-refractivity contribution in [1.82, 2.24) is 4.72 Å². The predicted octanol–water partition coefficient (Wildman–Crippen LogP) is 3.04. The van der Waals surface area contributed by atoms with Crippen LogP contribution in [0.2, 0.25) is 0 Å². The van der Waals surface area contributed by atoms with Gasteiger partial charge in [0.1, 0.15) is 0 Å². The molecule has 0 bridgehead atoms. The molecule has 1 aromatic rings. The molecule has 1 N–H and O–H groups in total. The van der Waals surface area contributed by atoms with Gasteiger partial charge in [-0.1, -0.05) is 13.5 Å². The van der Waals surface area contributed by atoms with Crippen LogP contribution >= 0.6 is 0 Å². The van der Waals surface area contributed by atoms with E-state index in [2.05, 4.69) is 6.58 Å². The number of alkyl halides is 3. The molecular formula is C12H14F3NO2S. The van der Waals surface area contributed by atoms with Gasteiger partial charge in [-0.3, -0.25) is 0 Å². The van der Waals surface area contributed by atoms with E-state index in [1.165, 1.54) is 6.07 Å². The van der Waals surface area contributed by atoms with Crippen LogP contribution in [-0.2, 0) is 16.2 Å². The highest BCUT2D eigenvalue weighted by molar-refractivity contribution is 7.89. The maximum Gasteiger partial charge on any atom is 0.416 e. The molecule has 0 radical (unpaired) electrons. The zero-order chi connectivity index (χ0) is 14.8. The minimum absolute atomic E-state index is 0.172. The highest BCUT2D eigenvalue weighted by Gasteiger charge is 2.32. The molecule has 106 valence electrons. The SMILES string of the molecule is C=C(CC)c1cc(C(F)(F)F)cc(S(=O)(=O)NC)c1. The van der Waals surface area contributed by atoms with Crippen molar-refractivity contribution in [3.05, 3.63) is 35.9 Å². The predicted molar refractivity (Wildman–Crippen MR) is 67.0 cm³/mol. The second kappa shape index (κ2) is 5.34. The van der Waals surface area contributed by atoms with E-state index in [1.54, 1.807) is 6.92 Å². The van der Waals surface area contributed by atoms with Crippen LogP contribution in [0.4, 0.5) is 13.2 Å². The highest BCUT2D eigenvalue weighted by atomic mass is 32.2. The number of nitrogens with one attached hydrogen (secondary N) is 1. The summed E-state index contributed by atoms with van der Waals surface area (Å²) in [6.45, 7) is 5.36. The quantitative estimate of drug-likeness (QED) is 0.927. The molecule has 1 aromatic carbocycles. The summed E-state index contributed by atoms with van der Waals surface area (Å²) in [6, 6.07) is 2.70. The van der Waals surface area contributed by atoms with Crippen molar-refractivity contribution in [1.29, 1.82) is 0 Å². The van der Waals surface area contributed by atoms with Crippen LogP contribution in [0.5, 0.6) is 0 Å². The van der Waals surface area contributed by atoms with Crippen molar-refractivity contribution in [3.63, 3.8) is 0 Å². The topological polar surface area (TPSA) is 46.2 Å². The van der Waals surface area contributed by atoms with Crippen LogP contribution in [-0.4, -0.2) is 15.5 Å². The average molecular weight is 293 g/mol. The lowest BCUT2D eigenvalue weighted by atomic mass is 10.0. The fourth-order valence-electron chi connectivity index (χ4n) is 1.44. The molecule has 0 spiro atoms. The first-order chi connectivity index (χ1) is 8.61.